The van der Waals surface area contributed by atoms with E-state index in [2.05, 4.69) is 69.1 Å². The van der Waals surface area contributed by atoms with Crippen LogP contribution in [0.3, 0.4) is 0 Å². The minimum atomic E-state index is 0.512. The zero-order chi connectivity index (χ0) is 20.2. The van der Waals surface area contributed by atoms with E-state index in [1.165, 1.54) is 24.9 Å². The van der Waals surface area contributed by atoms with Crippen LogP contribution in [0.15, 0.2) is 30.3 Å². The van der Waals surface area contributed by atoms with Gasteiger partial charge in [0.05, 0.1) is 5.69 Å². The molecule has 156 valence electrons. The number of nitrogens with two attached hydrogens (primary N) is 1. The second-order valence-corrected chi connectivity index (χ2v) is 8.49. The van der Waals surface area contributed by atoms with Crippen molar-refractivity contribution in [1.82, 2.24) is 15.1 Å². The molecular formula is C23H34N6. The largest absolute Gasteiger partial charge is 0.372 e. The molecule has 2 saturated heterocycles. The Hall–Kier alpha value is -2.18. The molecule has 0 saturated carbocycles. The van der Waals surface area contributed by atoms with E-state index < -0.39 is 0 Å². The van der Waals surface area contributed by atoms with Gasteiger partial charge in [0.25, 0.3) is 0 Å². The molecule has 0 radical (unpaired) electrons. The first-order chi connectivity index (χ1) is 14.2. The first kappa shape index (κ1) is 20.1. The molecule has 0 bridgehead atoms. The summed E-state index contributed by atoms with van der Waals surface area (Å²) in [4.78, 5) is 7.31. The molecule has 0 unspecified atom stereocenters. The molecular weight excluding hydrogens is 360 g/mol. The highest BCUT2D eigenvalue weighted by molar-refractivity contribution is 5.68. The third-order valence-corrected chi connectivity index (χ3v) is 6.32. The van der Waals surface area contributed by atoms with Gasteiger partial charge in [-0.2, -0.15) is 0 Å². The molecule has 3 heterocycles. The molecule has 2 aliphatic heterocycles. The van der Waals surface area contributed by atoms with Crippen molar-refractivity contribution >= 4 is 11.5 Å². The zero-order valence-electron chi connectivity index (χ0n) is 17.8. The lowest BCUT2D eigenvalue weighted by molar-refractivity contribution is 0.209. The second kappa shape index (κ2) is 9.09. The van der Waals surface area contributed by atoms with E-state index >= 15 is 0 Å². The summed E-state index contributed by atoms with van der Waals surface area (Å²) < 4.78 is 0. The first-order valence-electron chi connectivity index (χ1n) is 11.1. The lowest BCUT2D eigenvalue weighted by atomic mass is 10.0. The summed E-state index contributed by atoms with van der Waals surface area (Å²) in [6.45, 7) is 11.5. The number of aromatic nitrogens is 2. The summed E-state index contributed by atoms with van der Waals surface area (Å²) in [7, 11) is 0. The van der Waals surface area contributed by atoms with Crippen molar-refractivity contribution in [3.63, 3.8) is 0 Å². The van der Waals surface area contributed by atoms with Crippen molar-refractivity contribution in [3.8, 4) is 11.3 Å². The van der Waals surface area contributed by atoms with Gasteiger partial charge >= 0.3 is 0 Å². The van der Waals surface area contributed by atoms with Crippen molar-refractivity contribution in [2.45, 2.75) is 45.7 Å². The number of anilines is 2. The van der Waals surface area contributed by atoms with Crippen LogP contribution < -0.4 is 15.5 Å². The van der Waals surface area contributed by atoms with Gasteiger partial charge in [0, 0.05) is 63.1 Å². The molecule has 1 aromatic carbocycles. The number of hydrogen-bond donors (Lipinski definition) is 1. The van der Waals surface area contributed by atoms with Crippen LogP contribution >= 0.6 is 0 Å². The van der Waals surface area contributed by atoms with Crippen LogP contribution in [0.1, 0.15) is 38.7 Å². The predicted molar refractivity (Wildman–Crippen MR) is 120 cm³/mol. The Morgan fingerprint density at radius 3 is 2.24 bits per heavy atom. The molecule has 2 fully saturated rings. The highest BCUT2D eigenvalue weighted by atomic mass is 15.3. The Labute approximate surface area is 174 Å². The van der Waals surface area contributed by atoms with Crippen molar-refractivity contribution in [2.75, 3.05) is 49.1 Å². The van der Waals surface area contributed by atoms with E-state index in [1.807, 2.05) is 0 Å². The fourth-order valence-corrected chi connectivity index (χ4v) is 4.45. The van der Waals surface area contributed by atoms with Crippen LogP contribution in [0.25, 0.3) is 11.3 Å². The second-order valence-electron chi connectivity index (χ2n) is 8.49. The topological polar surface area (TPSA) is 61.5 Å². The summed E-state index contributed by atoms with van der Waals surface area (Å²) in [6.07, 6.45) is 3.89. The van der Waals surface area contributed by atoms with Gasteiger partial charge in [-0.15, -0.1) is 10.2 Å². The fourth-order valence-electron chi connectivity index (χ4n) is 4.45. The Morgan fingerprint density at radius 1 is 0.862 bits per heavy atom. The molecule has 1 aromatic heterocycles. The van der Waals surface area contributed by atoms with Crippen LogP contribution in [0.4, 0.5) is 11.5 Å². The quantitative estimate of drug-likeness (QED) is 0.841. The lowest BCUT2D eigenvalue weighted by Crippen LogP contribution is -2.49. The Kier molecular flexibility index (Phi) is 6.31. The minimum Gasteiger partial charge on any atom is -0.372 e. The van der Waals surface area contributed by atoms with Gasteiger partial charge < -0.3 is 15.5 Å². The zero-order valence-corrected chi connectivity index (χ0v) is 17.8. The van der Waals surface area contributed by atoms with Gasteiger partial charge in [-0.1, -0.05) is 6.07 Å². The van der Waals surface area contributed by atoms with Crippen molar-refractivity contribution < 1.29 is 0 Å². The van der Waals surface area contributed by atoms with Crippen LogP contribution in [0, 0.1) is 0 Å². The molecule has 29 heavy (non-hydrogen) atoms. The number of nitrogens with zero attached hydrogens (tertiary/aromatic N) is 5. The average Bonchev–Trinajstić information content (AvgIpc) is 2.79. The molecule has 6 heteroatoms. The molecule has 0 spiro atoms. The summed E-state index contributed by atoms with van der Waals surface area (Å²) in [6, 6.07) is 11.4. The predicted octanol–water partition coefficient (Wildman–Crippen LogP) is 3.12. The van der Waals surface area contributed by atoms with Gasteiger partial charge in [-0.25, -0.2) is 0 Å². The Bertz CT molecular complexity index is 790. The normalized spacial score (nSPS) is 18.5. The van der Waals surface area contributed by atoms with Crippen LogP contribution in [-0.4, -0.2) is 60.4 Å². The monoisotopic (exact) mass is 394 g/mol. The van der Waals surface area contributed by atoms with Gasteiger partial charge in [0.2, 0.25) is 0 Å². The summed E-state index contributed by atoms with van der Waals surface area (Å²) in [5.41, 5.74) is 10.5. The van der Waals surface area contributed by atoms with E-state index in [0.29, 0.717) is 12.6 Å². The summed E-state index contributed by atoms with van der Waals surface area (Å²) in [5.74, 6) is 0.969. The number of hydrogen-bond acceptors (Lipinski definition) is 6. The van der Waals surface area contributed by atoms with E-state index in [1.54, 1.807) is 0 Å². The van der Waals surface area contributed by atoms with Gasteiger partial charge in [-0.05, 0) is 62.9 Å². The lowest BCUT2D eigenvalue weighted by Gasteiger charge is -2.37. The maximum Gasteiger partial charge on any atom is 0.151 e. The standard InChI is InChI=1S/C23H34N6/c1-18(2)27-12-14-29(15-13-27)23-9-8-22(25-26-23)21-7-6-20(16-19(21)17-24)28-10-4-3-5-11-28/h6-9,16,18H,3-5,10-15,17,24H2,1-2H3. The molecule has 0 aliphatic carbocycles. The van der Waals surface area contributed by atoms with Crippen molar-refractivity contribution in [1.29, 1.82) is 0 Å². The highest BCUT2D eigenvalue weighted by Crippen LogP contribution is 2.28. The highest BCUT2D eigenvalue weighted by Gasteiger charge is 2.20. The molecule has 4 rings (SSSR count). The molecule has 2 aliphatic rings. The minimum absolute atomic E-state index is 0.512. The SMILES string of the molecule is CC(C)N1CCN(c2ccc(-c3ccc(N4CCCCC4)cc3CN)nn2)CC1. The molecule has 6 nitrogen and oxygen atoms in total. The van der Waals surface area contributed by atoms with E-state index in [9.17, 15) is 0 Å². The Morgan fingerprint density at radius 2 is 1.62 bits per heavy atom. The van der Waals surface area contributed by atoms with Gasteiger partial charge in [0.1, 0.15) is 0 Å². The number of benzene rings is 1. The molecule has 0 atom stereocenters. The van der Waals surface area contributed by atoms with E-state index in [0.717, 1.165) is 61.9 Å². The average molecular weight is 395 g/mol. The Balaban J connectivity index is 1.48. The van der Waals surface area contributed by atoms with Gasteiger partial charge in [-0.3, -0.25) is 4.90 Å². The van der Waals surface area contributed by atoms with E-state index in [-0.39, 0.29) is 0 Å². The van der Waals surface area contributed by atoms with Crippen molar-refractivity contribution in [2.24, 2.45) is 5.73 Å². The third kappa shape index (κ3) is 4.54. The molecule has 2 N–H and O–H groups in total. The van der Waals surface area contributed by atoms with Crippen LogP contribution in [0.2, 0.25) is 0 Å². The number of rotatable bonds is 5. The number of piperazine rings is 1. The van der Waals surface area contributed by atoms with Crippen LogP contribution in [-0.2, 0) is 6.54 Å². The maximum atomic E-state index is 6.09. The summed E-state index contributed by atoms with van der Waals surface area (Å²) >= 11 is 0. The van der Waals surface area contributed by atoms with E-state index in [4.69, 9.17) is 5.73 Å². The molecule has 2 aromatic rings. The number of piperidine rings is 1. The third-order valence-electron chi connectivity index (χ3n) is 6.32. The fraction of sp³-hybridized carbons (Fsp3) is 0.565. The van der Waals surface area contributed by atoms with Crippen LogP contribution in [0.5, 0.6) is 0 Å². The summed E-state index contributed by atoms with van der Waals surface area (Å²) in [5, 5.41) is 9.10. The first-order valence-corrected chi connectivity index (χ1v) is 11.1. The van der Waals surface area contributed by atoms with Gasteiger partial charge in [0.15, 0.2) is 5.82 Å². The van der Waals surface area contributed by atoms with Crippen molar-refractivity contribution in [3.05, 3.63) is 35.9 Å². The smallest absolute Gasteiger partial charge is 0.151 e. The molecule has 0 amide bonds. The maximum absolute atomic E-state index is 6.09.